The van der Waals surface area contributed by atoms with E-state index in [1.807, 2.05) is 13.1 Å². The van der Waals surface area contributed by atoms with Crippen molar-refractivity contribution in [3.8, 4) is 0 Å². The molecule has 0 fully saturated rings. The highest BCUT2D eigenvalue weighted by molar-refractivity contribution is 5.47. The summed E-state index contributed by atoms with van der Waals surface area (Å²) in [7, 11) is 1.81. The lowest BCUT2D eigenvalue weighted by molar-refractivity contribution is 0.437. The van der Waals surface area contributed by atoms with E-state index >= 15 is 0 Å². The maximum atomic E-state index is 9.42. The van der Waals surface area contributed by atoms with Crippen LogP contribution >= 0.6 is 0 Å². The summed E-state index contributed by atoms with van der Waals surface area (Å²) in [6.45, 7) is 0. The number of nitrogens with zero attached hydrogens (tertiary/aromatic N) is 1. The van der Waals surface area contributed by atoms with Crippen LogP contribution in [-0.4, -0.2) is 23.2 Å². The molecule has 0 saturated heterocycles. The molecule has 1 aromatic heterocycles. The monoisotopic (exact) mass is 178 g/mol. The van der Waals surface area contributed by atoms with Crippen LogP contribution in [0.15, 0.2) is 22.6 Å². The number of oxazole rings is 1. The van der Waals surface area contributed by atoms with Gasteiger partial charge in [-0.15, -0.1) is 0 Å². The van der Waals surface area contributed by atoms with E-state index in [4.69, 9.17) is 4.42 Å². The number of aliphatic hydroxyl groups is 1. The van der Waals surface area contributed by atoms with Gasteiger partial charge in [0.15, 0.2) is 11.8 Å². The first-order chi connectivity index (χ1) is 6.29. The Bertz CT molecular complexity index is 444. The van der Waals surface area contributed by atoms with Crippen LogP contribution in [0.4, 0.5) is 0 Å². The number of fused-ring (bicyclic) bond motifs is 1. The first-order valence-electron chi connectivity index (χ1n) is 4.01. The number of rotatable bonds is 1. The minimum atomic E-state index is -0.0227. The second kappa shape index (κ2) is 3.06. The van der Waals surface area contributed by atoms with Crippen LogP contribution in [0, 0.1) is 0 Å². The van der Waals surface area contributed by atoms with Crippen LogP contribution in [0.3, 0.4) is 0 Å². The molecule has 68 valence electrons. The quantitative estimate of drug-likeness (QED) is 0.596. The minimum Gasteiger partial charge on any atom is -0.508 e. The molecule has 0 aromatic carbocycles. The van der Waals surface area contributed by atoms with Gasteiger partial charge in [-0.3, -0.25) is 0 Å². The van der Waals surface area contributed by atoms with Gasteiger partial charge < -0.3 is 14.8 Å². The highest BCUT2D eigenvalue weighted by Crippen LogP contribution is 1.97. The molecule has 0 spiro atoms. The lowest BCUT2D eigenvalue weighted by Crippen LogP contribution is -2.27. The van der Waals surface area contributed by atoms with Gasteiger partial charge in [0.1, 0.15) is 11.1 Å². The zero-order valence-corrected chi connectivity index (χ0v) is 7.19. The second-order valence-electron chi connectivity index (χ2n) is 2.82. The van der Waals surface area contributed by atoms with Gasteiger partial charge in [0.25, 0.3) is 0 Å². The Morgan fingerprint density at radius 1 is 1.54 bits per heavy atom. The van der Waals surface area contributed by atoms with Crippen molar-refractivity contribution in [3.63, 3.8) is 0 Å². The van der Waals surface area contributed by atoms with Crippen molar-refractivity contribution >= 4 is 12.2 Å². The molecule has 4 nitrogen and oxygen atoms in total. The smallest absolute Gasteiger partial charge is 0.181 e. The number of nitrogens with one attached hydrogen (secondary N) is 1. The van der Waals surface area contributed by atoms with Gasteiger partial charge >= 0.3 is 0 Å². The van der Waals surface area contributed by atoms with Crippen molar-refractivity contribution in [2.24, 2.45) is 0 Å². The van der Waals surface area contributed by atoms with Crippen molar-refractivity contribution in [1.29, 1.82) is 0 Å². The van der Waals surface area contributed by atoms with Crippen molar-refractivity contribution in [2.45, 2.75) is 6.04 Å². The van der Waals surface area contributed by atoms with Gasteiger partial charge in [-0.25, -0.2) is 4.98 Å². The topological polar surface area (TPSA) is 58.3 Å². The van der Waals surface area contributed by atoms with Crippen LogP contribution < -0.4 is 16.1 Å². The highest BCUT2D eigenvalue weighted by atomic mass is 16.3. The summed E-state index contributed by atoms with van der Waals surface area (Å²) in [6.07, 6.45) is 6.49. The molecule has 1 aliphatic carbocycles. The first-order valence-corrected chi connectivity index (χ1v) is 4.01. The average Bonchev–Trinajstić information content (AvgIpc) is 2.46. The van der Waals surface area contributed by atoms with E-state index < -0.39 is 0 Å². The third-order valence-electron chi connectivity index (χ3n) is 1.92. The molecule has 1 heterocycles. The maximum Gasteiger partial charge on any atom is 0.181 e. The van der Waals surface area contributed by atoms with Gasteiger partial charge in [0.05, 0.1) is 6.04 Å². The van der Waals surface area contributed by atoms with Crippen molar-refractivity contribution < 1.29 is 9.52 Å². The Hall–Kier alpha value is -1.55. The van der Waals surface area contributed by atoms with E-state index in [2.05, 4.69) is 10.3 Å². The van der Waals surface area contributed by atoms with E-state index in [1.165, 1.54) is 6.39 Å². The average molecular weight is 178 g/mol. The number of likely N-dealkylation sites (N-methyl/N-ethyl adjacent to an activating group) is 1. The fourth-order valence-electron chi connectivity index (χ4n) is 1.25. The number of aromatic nitrogens is 1. The Labute approximate surface area is 74.9 Å². The molecule has 1 aliphatic rings. The number of allylic oxidation sites excluding steroid dienone is 1. The van der Waals surface area contributed by atoms with Crippen LogP contribution in [0.1, 0.15) is 0 Å². The minimum absolute atomic E-state index is 0.0227. The molecule has 2 N–H and O–H groups in total. The predicted octanol–water partition coefficient (Wildman–Crippen LogP) is -0.721. The molecule has 0 bridgehead atoms. The summed E-state index contributed by atoms with van der Waals surface area (Å²) in [6, 6.07) is -0.0227. The van der Waals surface area contributed by atoms with E-state index in [0.717, 1.165) is 0 Å². The van der Waals surface area contributed by atoms with E-state index in [9.17, 15) is 5.11 Å². The molecule has 4 heteroatoms. The zero-order chi connectivity index (χ0) is 9.26. The van der Waals surface area contributed by atoms with Gasteiger partial charge in [0, 0.05) is 6.08 Å². The van der Waals surface area contributed by atoms with E-state index in [0.29, 0.717) is 10.8 Å². The first kappa shape index (κ1) is 8.07. The summed E-state index contributed by atoms with van der Waals surface area (Å²) in [5.41, 5.74) is 0.680. The van der Waals surface area contributed by atoms with Crippen molar-refractivity contribution in [1.82, 2.24) is 10.3 Å². The summed E-state index contributed by atoms with van der Waals surface area (Å²) >= 11 is 0. The molecule has 1 unspecified atom stereocenters. The SMILES string of the molecule is CNC1C=C(O)C=c2ncoc2=C1. The van der Waals surface area contributed by atoms with Gasteiger partial charge in [-0.2, -0.15) is 0 Å². The van der Waals surface area contributed by atoms with Gasteiger partial charge in [-0.1, -0.05) is 0 Å². The molecule has 1 atom stereocenters. The normalized spacial score (nSPS) is 20.7. The Morgan fingerprint density at radius 3 is 3.15 bits per heavy atom. The molecule has 2 rings (SSSR count). The fraction of sp³-hybridized carbons (Fsp3) is 0.222. The standard InChI is InChI=1S/C9H10N2O2/c1-10-6-2-7(12)4-8-9(3-6)13-5-11-8/h2-6,10,12H,1H3. The summed E-state index contributed by atoms with van der Waals surface area (Å²) in [4.78, 5) is 3.95. The van der Waals surface area contributed by atoms with E-state index in [1.54, 1.807) is 12.2 Å². The zero-order valence-electron chi connectivity index (χ0n) is 7.19. The lowest BCUT2D eigenvalue weighted by Gasteiger charge is -2.02. The van der Waals surface area contributed by atoms with Crippen LogP contribution in [0.25, 0.3) is 12.2 Å². The Balaban J connectivity index is 2.63. The largest absolute Gasteiger partial charge is 0.508 e. The summed E-state index contributed by atoms with van der Waals surface area (Å²) < 4.78 is 5.13. The van der Waals surface area contributed by atoms with Crippen LogP contribution in [0.5, 0.6) is 0 Å². The molecule has 0 aliphatic heterocycles. The highest BCUT2D eigenvalue weighted by Gasteiger charge is 2.05. The third kappa shape index (κ3) is 1.48. The summed E-state index contributed by atoms with van der Waals surface area (Å²) in [5.74, 6) is 0.197. The Kier molecular flexibility index (Phi) is 1.90. The number of hydrogen-bond acceptors (Lipinski definition) is 4. The molecule has 0 saturated carbocycles. The lowest BCUT2D eigenvalue weighted by atomic mass is 10.2. The maximum absolute atomic E-state index is 9.42. The molecule has 1 aromatic rings. The van der Waals surface area contributed by atoms with Crippen molar-refractivity contribution in [3.05, 3.63) is 29.0 Å². The Morgan fingerprint density at radius 2 is 2.38 bits per heavy atom. The number of hydrogen-bond donors (Lipinski definition) is 2. The second-order valence-corrected chi connectivity index (χ2v) is 2.82. The third-order valence-corrected chi connectivity index (χ3v) is 1.92. The molecule has 13 heavy (non-hydrogen) atoms. The molecule has 0 radical (unpaired) electrons. The van der Waals surface area contributed by atoms with Gasteiger partial charge in [-0.05, 0) is 19.2 Å². The van der Waals surface area contributed by atoms with Gasteiger partial charge in [0.2, 0.25) is 0 Å². The molecule has 0 amide bonds. The fourth-order valence-corrected chi connectivity index (χ4v) is 1.25. The van der Waals surface area contributed by atoms with E-state index in [-0.39, 0.29) is 11.8 Å². The molecular weight excluding hydrogens is 168 g/mol. The van der Waals surface area contributed by atoms with Crippen LogP contribution in [-0.2, 0) is 0 Å². The van der Waals surface area contributed by atoms with Crippen LogP contribution in [0.2, 0.25) is 0 Å². The predicted molar refractivity (Wildman–Crippen MR) is 48.2 cm³/mol. The van der Waals surface area contributed by atoms with Crippen molar-refractivity contribution in [2.75, 3.05) is 7.05 Å². The number of aliphatic hydroxyl groups excluding tert-OH is 1. The molecular formula is C9H10N2O2. The summed E-state index contributed by atoms with van der Waals surface area (Å²) in [5, 5.41) is 13.1.